The molecule has 1 rings (SSSR count). The van der Waals surface area contributed by atoms with Crippen molar-refractivity contribution in [2.45, 2.75) is 33.3 Å². The Hall–Kier alpha value is -1.29. The molecule has 0 spiro atoms. The molecule has 4 heteroatoms. The van der Waals surface area contributed by atoms with Gasteiger partial charge in [0.2, 0.25) is 0 Å². The minimum absolute atomic E-state index is 0.116. The van der Waals surface area contributed by atoms with Gasteiger partial charge in [0.05, 0.1) is 18.8 Å². The Balaban J connectivity index is 2.93. The molecule has 0 aliphatic rings. The van der Waals surface area contributed by atoms with E-state index in [1.807, 2.05) is 25.1 Å². The maximum Gasteiger partial charge on any atom is 0.133 e. The lowest BCUT2D eigenvalue weighted by atomic mass is 10.1. The van der Waals surface area contributed by atoms with E-state index in [1.165, 1.54) is 0 Å². The van der Waals surface area contributed by atoms with E-state index in [0.29, 0.717) is 16.7 Å². The van der Waals surface area contributed by atoms with E-state index in [4.69, 9.17) is 27.4 Å². The van der Waals surface area contributed by atoms with Gasteiger partial charge in [-0.05, 0) is 31.4 Å². The van der Waals surface area contributed by atoms with E-state index in [0.717, 1.165) is 17.7 Å². The van der Waals surface area contributed by atoms with Crippen molar-refractivity contribution in [3.05, 3.63) is 23.8 Å². The topological polar surface area (TPSA) is 44.5 Å². The van der Waals surface area contributed by atoms with Crippen LogP contribution in [-0.4, -0.2) is 18.2 Å². The molecule has 0 saturated heterocycles. The van der Waals surface area contributed by atoms with Crippen LogP contribution in [-0.2, 0) is 0 Å². The Bertz CT molecular complexity index is 418. The van der Waals surface area contributed by atoms with Gasteiger partial charge in [-0.1, -0.05) is 26.1 Å². The van der Waals surface area contributed by atoms with Gasteiger partial charge in [0.15, 0.2) is 0 Å². The Morgan fingerprint density at radius 3 is 2.50 bits per heavy atom. The average molecular weight is 267 g/mol. The fourth-order valence-corrected chi connectivity index (χ4v) is 2.03. The quantitative estimate of drug-likeness (QED) is 0.804. The van der Waals surface area contributed by atoms with Crippen molar-refractivity contribution in [2.75, 3.05) is 7.11 Å². The van der Waals surface area contributed by atoms with Crippen LogP contribution in [0, 0.1) is 5.92 Å². The zero-order valence-corrected chi connectivity index (χ0v) is 12.2. The van der Waals surface area contributed by atoms with Crippen molar-refractivity contribution >= 4 is 17.2 Å². The van der Waals surface area contributed by atoms with Crippen LogP contribution in [0.4, 0.5) is 0 Å². The third kappa shape index (κ3) is 4.18. The molecule has 0 aliphatic heterocycles. The number of thiocarbonyl (C=S) groups is 1. The minimum atomic E-state index is 0.116. The summed E-state index contributed by atoms with van der Waals surface area (Å²) in [6.45, 7) is 6.38. The Labute approximate surface area is 114 Å². The van der Waals surface area contributed by atoms with Gasteiger partial charge in [-0.3, -0.25) is 0 Å². The highest BCUT2D eigenvalue weighted by molar-refractivity contribution is 7.80. The van der Waals surface area contributed by atoms with E-state index in [2.05, 4.69) is 13.8 Å². The van der Waals surface area contributed by atoms with E-state index in [-0.39, 0.29) is 6.10 Å². The van der Waals surface area contributed by atoms with Crippen molar-refractivity contribution in [3.63, 3.8) is 0 Å². The molecule has 0 aromatic heterocycles. The van der Waals surface area contributed by atoms with E-state index in [9.17, 15) is 0 Å². The van der Waals surface area contributed by atoms with Gasteiger partial charge in [-0.2, -0.15) is 0 Å². The van der Waals surface area contributed by atoms with Crippen LogP contribution in [0.2, 0.25) is 0 Å². The van der Waals surface area contributed by atoms with Gasteiger partial charge >= 0.3 is 0 Å². The maximum absolute atomic E-state index is 5.91. The second-order valence-electron chi connectivity index (χ2n) is 4.78. The van der Waals surface area contributed by atoms with Gasteiger partial charge in [0.1, 0.15) is 16.5 Å². The van der Waals surface area contributed by atoms with Gasteiger partial charge in [-0.15, -0.1) is 0 Å². The maximum atomic E-state index is 5.91. The highest BCUT2D eigenvalue weighted by atomic mass is 32.1. The van der Waals surface area contributed by atoms with Crippen LogP contribution in [0.3, 0.4) is 0 Å². The number of ether oxygens (including phenoxy) is 2. The molecule has 1 atom stereocenters. The average Bonchev–Trinajstić information content (AvgIpc) is 2.27. The summed E-state index contributed by atoms with van der Waals surface area (Å²) < 4.78 is 11.1. The number of methoxy groups -OCH3 is 1. The molecule has 0 radical (unpaired) electrons. The molecule has 0 fully saturated rings. The first kappa shape index (κ1) is 14.8. The Morgan fingerprint density at radius 1 is 1.33 bits per heavy atom. The van der Waals surface area contributed by atoms with Crippen molar-refractivity contribution in [1.29, 1.82) is 0 Å². The zero-order valence-electron chi connectivity index (χ0n) is 11.4. The number of nitrogens with two attached hydrogens (primary N) is 1. The number of rotatable bonds is 6. The predicted molar refractivity (Wildman–Crippen MR) is 78.4 cm³/mol. The molecule has 3 nitrogen and oxygen atoms in total. The second-order valence-corrected chi connectivity index (χ2v) is 5.22. The number of hydrogen-bond acceptors (Lipinski definition) is 3. The summed E-state index contributed by atoms with van der Waals surface area (Å²) in [5, 5.41) is 0. The Morgan fingerprint density at radius 2 is 2.00 bits per heavy atom. The minimum Gasteiger partial charge on any atom is -0.497 e. The van der Waals surface area contributed by atoms with E-state index >= 15 is 0 Å². The number of benzene rings is 1. The molecule has 2 N–H and O–H groups in total. The first-order valence-corrected chi connectivity index (χ1v) is 6.49. The lowest BCUT2D eigenvalue weighted by molar-refractivity contribution is 0.192. The summed E-state index contributed by atoms with van der Waals surface area (Å²) in [6, 6.07) is 5.48. The fraction of sp³-hybridized carbons (Fsp3) is 0.500. The molecule has 100 valence electrons. The molecule has 0 saturated carbocycles. The molecule has 1 aromatic carbocycles. The third-order valence-corrected chi connectivity index (χ3v) is 2.81. The molecule has 18 heavy (non-hydrogen) atoms. The molecule has 0 amide bonds. The smallest absolute Gasteiger partial charge is 0.133 e. The lowest BCUT2D eigenvalue weighted by Crippen LogP contribution is -2.18. The van der Waals surface area contributed by atoms with Crippen LogP contribution in [0.5, 0.6) is 11.5 Å². The summed E-state index contributed by atoms with van der Waals surface area (Å²) in [4.78, 5) is 0.337. The van der Waals surface area contributed by atoms with Gasteiger partial charge < -0.3 is 15.2 Å². The first-order valence-electron chi connectivity index (χ1n) is 6.08. The number of hydrogen-bond donors (Lipinski definition) is 1. The summed E-state index contributed by atoms with van der Waals surface area (Å²) in [6.07, 6.45) is 1.10. The summed E-state index contributed by atoms with van der Waals surface area (Å²) in [7, 11) is 1.62. The fourth-order valence-electron chi connectivity index (χ4n) is 1.86. The molecule has 0 heterocycles. The molecular weight excluding hydrogens is 246 g/mol. The molecule has 1 unspecified atom stereocenters. The van der Waals surface area contributed by atoms with Crippen LogP contribution in [0.1, 0.15) is 32.8 Å². The largest absolute Gasteiger partial charge is 0.497 e. The highest BCUT2D eigenvalue weighted by Gasteiger charge is 2.12. The van der Waals surface area contributed by atoms with Crippen molar-refractivity contribution in [2.24, 2.45) is 11.7 Å². The molecular formula is C14H21NO2S. The van der Waals surface area contributed by atoms with E-state index < -0.39 is 0 Å². The summed E-state index contributed by atoms with van der Waals surface area (Å²) in [5.74, 6) is 2.01. The van der Waals surface area contributed by atoms with Crippen LogP contribution >= 0.6 is 12.2 Å². The summed E-state index contributed by atoms with van der Waals surface area (Å²) in [5.41, 5.74) is 6.44. The first-order chi connectivity index (χ1) is 8.43. The Kier molecular flexibility index (Phi) is 5.41. The normalized spacial score (nSPS) is 12.3. The standard InChI is InChI=1S/C14H21NO2S/c1-9(2)7-10(3)17-13-8-11(16-4)5-6-12(13)14(15)18/h5-6,8-10H,7H2,1-4H3,(H2,15,18). The van der Waals surface area contributed by atoms with Crippen LogP contribution in [0.15, 0.2) is 18.2 Å². The zero-order chi connectivity index (χ0) is 13.7. The third-order valence-electron chi connectivity index (χ3n) is 2.59. The lowest BCUT2D eigenvalue weighted by Gasteiger charge is -2.19. The van der Waals surface area contributed by atoms with Crippen molar-refractivity contribution in [3.8, 4) is 11.5 Å². The highest BCUT2D eigenvalue weighted by Crippen LogP contribution is 2.26. The van der Waals surface area contributed by atoms with Crippen LogP contribution in [0.25, 0.3) is 0 Å². The second kappa shape index (κ2) is 6.59. The SMILES string of the molecule is COc1ccc(C(N)=S)c(OC(C)CC(C)C)c1. The van der Waals surface area contributed by atoms with E-state index in [1.54, 1.807) is 7.11 Å². The molecule has 0 aliphatic carbocycles. The molecule has 0 bridgehead atoms. The van der Waals surface area contributed by atoms with Gasteiger partial charge in [0, 0.05) is 6.07 Å². The predicted octanol–water partition coefficient (Wildman–Crippen LogP) is 3.14. The van der Waals surface area contributed by atoms with Gasteiger partial charge in [-0.25, -0.2) is 0 Å². The van der Waals surface area contributed by atoms with Gasteiger partial charge in [0.25, 0.3) is 0 Å². The van der Waals surface area contributed by atoms with Crippen molar-refractivity contribution < 1.29 is 9.47 Å². The summed E-state index contributed by atoms with van der Waals surface area (Å²) >= 11 is 5.03. The van der Waals surface area contributed by atoms with Crippen molar-refractivity contribution in [1.82, 2.24) is 0 Å². The monoisotopic (exact) mass is 267 g/mol. The molecule has 1 aromatic rings. The van der Waals surface area contributed by atoms with Crippen LogP contribution < -0.4 is 15.2 Å².